The first kappa shape index (κ1) is 14.9. The Balaban J connectivity index is 2.29. The summed E-state index contributed by atoms with van der Waals surface area (Å²) in [4.78, 5) is 14.6. The van der Waals surface area contributed by atoms with Crippen LogP contribution in [0.25, 0.3) is 0 Å². The van der Waals surface area contributed by atoms with Crippen LogP contribution in [0, 0.1) is 12.8 Å². The first-order chi connectivity index (χ1) is 9.58. The Morgan fingerprint density at radius 1 is 1.50 bits per heavy atom. The number of aliphatic hydroxyl groups excluding tert-OH is 1. The third-order valence-electron chi connectivity index (χ3n) is 4.10. The highest BCUT2D eigenvalue weighted by atomic mass is 16.3. The number of benzene rings is 1. The number of nitrogens with zero attached hydrogens (tertiary/aromatic N) is 1. The van der Waals surface area contributed by atoms with Crippen molar-refractivity contribution in [2.45, 2.75) is 33.2 Å². The molecule has 2 rings (SSSR count). The zero-order valence-corrected chi connectivity index (χ0v) is 12.5. The summed E-state index contributed by atoms with van der Waals surface area (Å²) < 4.78 is 0. The summed E-state index contributed by atoms with van der Waals surface area (Å²) in [5, 5.41) is 12.8. The lowest BCUT2D eigenvalue weighted by Crippen LogP contribution is -2.40. The Bertz CT molecular complexity index is 487. The molecular formula is C16H24N2O2. The predicted molar refractivity (Wildman–Crippen MR) is 81.0 cm³/mol. The molecule has 1 heterocycles. The van der Waals surface area contributed by atoms with Crippen molar-refractivity contribution in [1.29, 1.82) is 0 Å². The molecule has 1 saturated heterocycles. The second-order valence-electron chi connectivity index (χ2n) is 5.59. The summed E-state index contributed by atoms with van der Waals surface area (Å²) in [5.74, 6) is 0.376. The van der Waals surface area contributed by atoms with Gasteiger partial charge in [-0.05, 0) is 43.9 Å². The Labute approximate surface area is 120 Å². The molecule has 0 saturated carbocycles. The molecule has 110 valence electrons. The van der Waals surface area contributed by atoms with Crippen molar-refractivity contribution >= 4 is 11.6 Å². The van der Waals surface area contributed by atoms with Gasteiger partial charge in [-0.3, -0.25) is 4.79 Å². The van der Waals surface area contributed by atoms with E-state index >= 15 is 0 Å². The highest BCUT2D eigenvalue weighted by Gasteiger charge is 2.34. The fourth-order valence-corrected chi connectivity index (χ4v) is 2.87. The van der Waals surface area contributed by atoms with Gasteiger partial charge in [0.05, 0.1) is 18.2 Å². The number of nitrogens with one attached hydrogen (secondary N) is 1. The number of carbonyl (C=O) groups is 1. The lowest BCUT2D eigenvalue weighted by molar-refractivity contribution is 0.0649. The van der Waals surface area contributed by atoms with E-state index < -0.39 is 0 Å². The Hall–Kier alpha value is -1.55. The molecule has 1 fully saturated rings. The zero-order chi connectivity index (χ0) is 14.7. The number of hydrogen-bond acceptors (Lipinski definition) is 3. The average molecular weight is 276 g/mol. The van der Waals surface area contributed by atoms with Crippen molar-refractivity contribution < 1.29 is 9.90 Å². The van der Waals surface area contributed by atoms with E-state index in [1.54, 1.807) is 0 Å². The fourth-order valence-electron chi connectivity index (χ4n) is 2.87. The smallest absolute Gasteiger partial charge is 0.256 e. The maximum absolute atomic E-state index is 12.7. The van der Waals surface area contributed by atoms with Crippen LogP contribution in [0.1, 0.15) is 36.2 Å². The number of carbonyl (C=O) groups excluding carboxylic acids is 1. The number of rotatable bonds is 4. The molecular weight excluding hydrogens is 252 g/mol. The van der Waals surface area contributed by atoms with Crippen molar-refractivity contribution in [2.24, 2.45) is 5.92 Å². The van der Waals surface area contributed by atoms with Crippen LogP contribution in [0.2, 0.25) is 0 Å². The van der Waals surface area contributed by atoms with Gasteiger partial charge in [-0.1, -0.05) is 13.0 Å². The van der Waals surface area contributed by atoms with Gasteiger partial charge in [-0.2, -0.15) is 0 Å². The van der Waals surface area contributed by atoms with Crippen LogP contribution in [-0.4, -0.2) is 41.7 Å². The van der Waals surface area contributed by atoms with Crippen LogP contribution in [0.3, 0.4) is 0 Å². The summed E-state index contributed by atoms with van der Waals surface area (Å²) in [7, 11) is 0. The van der Waals surface area contributed by atoms with Gasteiger partial charge in [0.25, 0.3) is 5.91 Å². The molecule has 1 aromatic carbocycles. The molecule has 0 radical (unpaired) electrons. The third-order valence-corrected chi connectivity index (χ3v) is 4.10. The zero-order valence-electron chi connectivity index (χ0n) is 12.5. The molecule has 1 amide bonds. The minimum absolute atomic E-state index is 0.0179. The first-order valence-electron chi connectivity index (χ1n) is 7.34. The van der Waals surface area contributed by atoms with Gasteiger partial charge in [0.2, 0.25) is 0 Å². The van der Waals surface area contributed by atoms with E-state index in [1.807, 2.05) is 36.9 Å². The molecule has 1 aliphatic heterocycles. The second-order valence-corrected chi connectivity index (χ2v) is 5.59. The number of aliphatic hydroxyl groups is 1. The number of amides is 1. The Morgan fingerprint density at radius 3 is 2.90 bits per heavy atom. The van der Waals surface area contributed by atoms with Crippen LogP contribution in [0.4, 0.5) is 5.69 Å². The Morgan fingerprint density at radius 2 is 2.25 bits per heavy atom. The highest BCUT2D eigenvalue weighted by Crippen LogP contribution is 2.28. The van der Waals surface area contributed by atoms with Crippen molar-refractivity contribution in [2.75, 3.05) is 25.0 Å². The lowest BCUT2D eigenvalue weighted by Gasteiger charge is -2.26. The number of anilines is 1. The monoisotopic (exact) mass is 276 g/mol. The molecule has 0 aliphatic carbocycles. The van der Waals surface area contributed by atoms with E-state index in [2.05, 4.69) is 12.2 Å². The standard InChI is InChI=1S/C16H24N2O2/c1-4-17-14-9-11(2)5-6-13(14)16(20)18-8-7-12(3)15(18)10-19/h5-6,9,12,15,17,19H,4,7-8,10H2,1-3H3. The molecule has 4 heteroatoms. The van der Waals surface area contributed by atoms with E-state index in [-0.39, 0.29) is 18.6 Å². The van der Waals surface area contributed by atoms with Gasteiger partial charge in [0.1, 0.15) is 0 Å². The van der Waals surface area contributed by atoms with E-state index in [9.17, 15) is 9.90 Å². The van der Waals surface area contributed by atoms with Crippen molar-refractivity contribution in [1.82, 2.24) is 4.90 Å². The van der Waals surface area contributed by atoms with Gasteiger partial charge in [-0.15, -0.1) is 0 Å². The summed E-state index contributed by atoms with van der Waals surface area (Å²) in [6.07, 6.45) is 0.958. The summed E-state index contributed by atoms with van der Waals surface area (Å²) in [6.45, 7) is 7.67. The largest absolute Gasteiger partial charge is 0.394 e. The minimum atomic E-state index is -0.0571. The molecule has 0 aromatic heterocycles. The maximum Gasteiger partial charge on any atom is 0.256 e. The molecule has 1 aliphatic rings. The molecule has 2 atom stereocenters. The number of hydrogen-bond donors (Lipinski definition) is 2. The van der Waals surface area contributed by atoms with E-state index in [0.29, 0.717) is 11.5 Å². The van der Waals surface area contributed by atoms with Crippen LogP contribution >= 0.6 is 0 Å². The van der Waals surface area contributed by atoms with Crippen LogP contribution in [-0.2, 0) is 0 Å². The molecule has 2 N–H and O–H groups in total. The van der Waals surface area contributed by atoms with Crippen LogP contribution in [0.15, 0.2) is 18.2 Å². The first-order valence-corrected chi connectivity index (χ1v) is 7.34. The molecule has 2 unspecified atom stereocenters. The third kappa shape index (κ3) is 2.80. The number of aryl methyl sites for hydroxylation is 1. The van der Waals surface area contributed by atoms with E-state index in [1.165, 1.54) is 0 Å². The van der Waals surface area contributed by atoms with Gasteiger partial charge in [0, 0.05) is 18.8 Å². The average Bonchev–Trinajstić information content (AvgIpc) is 2.79. The Kier molecular flexibility index (Phi) is 4.65. The second kappa shape index (κ2) is 6.27. The molecule has 0 bridgehead atoms. The summed E-state index contributed by atoms with van der Waals surface area (Å²) in [5.41, 5.74) is 2.71. The lowest BCUT2D eigenvalue weighted by atomic mass is 10.0. The van der Waals surface area contributed by atoms with E-state index in [0.717, 1.165) is 30.8 Å². The van der Waals surface area contributed by atoms with Crippen molar-refractivity contribution in [3.05, 3.63) is 29.3 Å². The van der Waals surface area contributed by atoms with Gasteiger partial charge >= 0.3 is 0 Å². The van der Waals surface area contributed by atoms with Gasteiger partial charge < -0.3 is 15.3 Å². The van der Waals surface area contributed by atoms with Crippen molar-refractivity contribution in [3.63, 3.8) is 0 Å². The van der Waals surface area contributed by atoms with Crippen molar-refractivity contribution in [3.8, 4) is 0 Å². The summed E-state index contributed by atoms with van der Waals surface area (Å²) in [6, 6.07) is 5.79. The highest BCUT2D eigenvalue weighted by molar-refractivity contribution is 6.00. The molecule has 20 heavy (non-hydrogen) atoms. The maximum atomic E-state index is 12.7. The normalized spacial score (nSPS) is 22.1. The SMILES string of the molecule is CCNc1cc(C)ccc1C(=O)N1CCC(C)C1CO. The summed E-state index contributed by atoms with van der Waals surface area (Å²) >= 11 is 0. The molecule has 4 nitrogen and oxygen atoms in total. The van der Waals surface area contributed by atoms with E-state index in [4.69, 9.17) is 0 Å². The molecule has 1 aromatic rings. The number of likely N-dealkylation sites (tertiary alicyclic amines) is 1. The predicted octanol–water partition coefficient (Wildman–Crippen LogP) is 2.27. The minimum Gasteiger partial charge on any atom is -0.394 e. The topological polar surface area (TPSA) is 52.6 Å². The van der Waals surface area contributed by atoms with Gasteiger partial charge in [0.15, 0.2) is 0 Å². The fraction of sp³-hybridized carbons (Fsp3) is 0.562. The quantitative estimate of drug-likeness (QED) is 0.887. The van der Waals surface area contributed by atoms with Gasteiger partial charge in [-0.25, -0.2) is 0 Å². The molecule has 0 spiro atoms. The van der Waals surface area contributed by atoms with Crippen LogP contribution < -0.4 is 5.32 Å². The van der Waals surface area contributed by atoms with Crippen LogP contribution in [0.5, 0.6) is 0 Å².